The molecule has 6 heteroatoms. The van der Waals surface area contributed by atoms with Gasteiger partial charge in [0, 0.05) is 40.9 Å². The Kier molecular flexibility index (Phi) is 5.38. The zero-order valence-electron chi connectivity index (χ0n) is 16.0. The van der Waals surface area contributed by atoms with Crippen LogP contribution in [-0.4, -0.2) is 35.7 Å². The van der Waals surface area contributed by atoms with Gasteiger partial charge in [-0.05, 0) is 47.9 Å². The molecule has 4 nitrogen and oxygen atoms in total. The van der Waals surface area contributed by atoms with Crippen LogP contribution in [0.5, 0.6) is 0 Å². The number of pyridine rings is 1. The summed E-state index contributed by atoms with van der Waals surface area (Å²) >= 11 is 6.06. The van der Waals surface area contributed by atoms with Crippen LogP contribution >= 0.6 is 11.6 Å². The molecule has 0 radical (unpaired) electrons. The smallest absolute Gasteiger partial charge is 0.132 e. The Labute approximate surface area is 169 Å². The summed E-state index contributed by atoms with van der Waals surface area (Å²) in [5.74, 6) is -0.0552. The van der Waals surface area contributed by atoms with Gasteiger partial charge in [0.25, 0.3) is 0 Å². The summed E-state index contributed by atoms with van der Waals surface area (Å²) in [5.41, 5.74) is 3.98. The molecule has 0 spiro atoms. The fraction of sp³-hybridized carbons (Fsp3) is 0.318. The fourth-order valence-corrected chi connectivity index (χ4v) is 3.49. The van der Waals surface area contributed by atoms with E-state index >= 15 is 0 Å². The Hall–Kier alpha value is -2.37. The van der Waals surface area contributed by atoms with Gasteiger partial charge in [0.05, 0.1) is 24.9 Å². The van der Waals surface area contributed by atoms with Gasteiger partial charge in [0.1, 0.15) is 5.82 Å². The third kappa shape index (κ3) is 3.91. The van der Waals surface area contributed by atoms with Gasteiger partial charge < -0.3 is 15.0 Å². The molecule has 0 bridgehead atoms. The van der Waals surface area contributed by atoms with Crippen molar-refractivity contribution in [3.05, 3.63) is 70.9 Å². The SMILES string of the molecule is CC(C)c1cnc(-c2cc(Cl)ccc2F)cc1NC1=CCN(C2COC2)C=C1. The van der Waals surface area contributed by atoms with E-state index in [1.807, 2.05) is 12.3 Å². The zero-order chi connectivity index (χ0) is 19.7. The zero-order valence-corrected chi connectivity index (χ0v) is 16.7. The maximum atomic E-state index is 14.3. The molecule has 1 fully saturated rings. The molecule has 146 valence electrons. The van der Waals surface area contributed by atoms with E-state index in [0.717, 1.165) is 36.7 Å². The molecule has 0 unspecified atom stereocenters. The molecule has 1 saturated heterocycles. The monoisotopic (exact) mass is 399 g/mol. The van der Waals surface area contributed by atoms with Crippen LogP contribution in [-0.2, 0) is 4.74 Å². The van der Waals surface area contributed by atoms with Gasteiger partial charge in [-0.1, -0.05) is 25.4 Å². The number of rotatable bonds is 5. The number of hydrogen-bond acceptors (Lipinski definition) is 4. The lowest BCUT2D eigenvalue weighted by Crippen LogP contribution is -2.47. The first-order valence-corrected chi connectivity index (χ1v) is 9.83. The summed E-state index contributed by atoms with van der Waals surface area (Å²) in [6, 6.07) is 6.88. The lowest BCUT2D eigenvalue weighted by molar-refractivity contribution is -0.0457. The molecular weight excluding hydrogens is 377 g/mol. The van der Waals surface area contributed by atoms with E-state index in [2.05, 4.69) is 47.4 Å². The van der Waals surface area contributed by atoms with Crippen LogP contribution in [0.25, 0.3) is 11.3 Å². The summed E-state index contributed by atoms with van der Waals surface area (Å²) < 4.78 is 19.6. The van der Waals surface area contributed by atoms with Gasteiger partial charge in [-0.2, -0.15) is 0 Å². The third-order valence-electron chi connectivity index (χ3n) is 5.10. The third-order valence-corrected chi connectivity index (χ3v) is 5.33. The summed E-state index contributed by atoms with van der Waals surface area (Å²) in [6.45, 7) is 6.65. The van der Waals surface area contributed by atoms with Crippen LogP contribution in [0.15, 0.2) is 54.5 Å². The molecule has 0 aliphatic carbocycles. The molecule has 0 atom stereocenters. The van der Waals surface area contributed by atoms with Crippen LogP contribution in [0.2, 0.25) is 5.02 Å². The quantitative estimate of drug-likeness (QED) is 0.750. The van der Waals surface area contributed by atoms with Crippen LogP contribution in [0.1, 0.15) is 25.3 Å². The van der Waals surface area contributed by atoms with E-state index in [0.29, 0.717) is 22.3 Å². The van der Waals surface area contributed by atoms with E-state index in [-0.39, 0.29) is 11.7 Å². The Morgan fingerprint density at radius 1 is 1.29 bits per heavy atom. The summed E-state index contributed by atoms with van der Waals surface area (Å²) in [5, 5.41) is 3.98. The number of aromatic nitrogens is 1. The number of hydrogen-bond donors (Lipinski definition) is 1. The second-order valence-electron chi connectivity index (χ2n) is 7.42. The van der Waals surface area contributed by atoms with Crippen LogP contribution in [0.3, 0.4) is 0 Å². The number of allylic oxidation sites excluding steroid dienone is 1. The van der Waals surface area contributed by atoms with Gasteiger partial charge in [0.15, 0.2) is 0 Å². The van der Waals surface area contributed by atoms with Gasteiger partial charge in [0.2, 0.25) is 0 Å². The van der Waals surface area contributed by atoms with Crippen molar-refractivity contribution in [3.8, 4) is 11.3 Å². The van der Waals surface area contributed by atoms with Gasteiger partial charge >= 0.3 is 0 Å². The predicted octanol–water partition coefficient (Wildman–Crippen LogP) is 5.19. The van der Waals surface area contributed by atoms with E-state index in [1.165, 1.54) is 6.07 Å². The summed E-state index contributed by atoms with van der Waals surface area (Å²) in [7, 11) is 0. The van der Waals surface area contributed by atoms with E-state index in [1.54, 1.807) is 12.1 Å². The molecule has 3 heterocycles. The molecule has 28 heavy (non-hydrogen) atoms. The number of nitrogens with one attached hydrogen (secondary N) is 1. The summed E-state index contributed by atoms with van der Waals surface area (Å²) in [4.78, 5) is 6.76. The lowest BCUT2D eigenvalue weighted by Gasteiger charge is -2.37. The van der Waals surface area contributed by atoms with Crippen molar-refractivity contribution in [1.82, 2.24) is 9.88 Å². The lowest BCUT2D eigenvalue weighted by atomic mass is 10.0. The predicted molar refractivity (Wildman–Crippen MR) is 111 cm³/mol. The Balaban J connectivity index is 1.61. The number of benzene rings is 1. The highest BCUT2D eigenvalue weighted by molar-refractivity contribution is 6.30. The normalized spacial score (nSPS) is 16.9. The average molecular weight is 400 g/mol. The van der Waals surface area contributed by atoms with Crippen molar-refractivity contribution in [3.63, 3.8) is 0 Å². The second kappa shape index (κ2) is 7.94. The molecular formula is C22H23ClFN3O. The first-order chi connectivity index (χ1) is 13.5. The van der Waals surface area contributed by atoms with Gasteiger partial charge in [-0.25, -0.2) is 4.39 Å². The Morgan fingerprint density at radius 3 is 2.75 bits per heavy atom. The Morgan fingerprint density at radius 2 is 2.11 bits per heavy atom. The fourth-order valence-electron chi connectivity index (χ4n) is 3.32. The molecule has 1 aromatic carbocycles. The van der Waals surface area contributed by atoms with Crippen molar-refractivity contribution in [2.75, 3.05) is 25.1 Å². The molecule has 2 aliphatic rings. The van der Waals surface area contributed by atoms with E-state index in [4.69, 9.17) is 16.3 Å². The van der Waals surface area contributed by atoms with Gasteiger partial charge in [-0.3, -0.25) is 4.98 Å². The van der Waals surface area contributed by atoms with Crippen molar-refractivity contribution in [2.24, 2.45) is 0 Å². The maximum absolute atomic E-state index is 14.3. The molecule has 4 rings (SSSR count). The molecule has 0 saturated carbocycles. The molecule has 2 aromatic rings. The highest BCUT2D eigenvalue weighted by Gasteiger charge is 2.24. The highest BCUT2D eigenvalue weighted by atomic mass is 35.5. The van der Waals surface area contributed by atoms with Crippen LogP contribution in [0, 0.1) is 5.82 Å². The van der Waals surface area contributed by atoms with Crippen molar-refractivity contribution >= 4 is 17.3 Å². The minimum Gasteiger partial charge on any atom is -0.377 e. The number of nitrogens with zero attached hydrogens (tertiary/aromatic N) is 2. The summed E-state index contributed by atoms with van der Waals surface area (Å²) in [6.07, 6.45) is 8.13. The van der Waals surface area contributed by atoms with Crippen molar-refractivity contribution < 1.29 is 9.13 Å². The second-order valence-corrected chi connectivity index (χ2v) is 7.86. The van der Waals surface area contributed by atoms with Crippen LogP contribution < -0.4 is 5.32 Å². The highest BCUT2D eigenvalue weighted by Crippen LogP contribution is 2.32. The van der Waals surface area contributed by atoms with Gasteiger partial charge in [-0.15, -0.1) is 0 Å². The minimum absolute atomic E-state index is 0.282. The molecule has 0 amide bonds. The minimum atomic E-state index is -0.338. The first kappa shape index (κ1) is 19.0. The van der Waals surface area contributed by atoms with Crippen LogP contribution in [0.4, 0.5) is 10.1 Å². The standard InChI is InChI=1S/C22H23ClFN3O/c1-14(2)19-11-25-21(18-9-15(23)3-4-20(18)24)10-22(19)26-16-5-7-27(8-6-16)17-12-28-13-17/h3-7,9-11,14,17H,8,12-13H2,1-2H3,(H,25,26). The largest absolute Gasteiger partial charge is 0.377 e. The molecule has 1 aromatic heterocycles. The van der Waals surface area contributed by atoms with E-state index in [9.17, 15) is 4.39 Å². The van der Waals surface area contributed by atoms with E-state index < -0.39 is 0 Å². The maximum Gasteiger partial charge on any atom is 0.132 e. The Bertz CT molecular complexity index is 937. The van der Waals surface area contributed by atoms with Crippen molar-refractivity contribution in [2.45, 2.75) is 25.8 Å². The van der Waals surface area contributed by atoms with Crippen molar-refractivity contribution in [1.29, 1.82) is 0 Å². The molecule has 1 N–H and O–H groups in total. The number of anilines is 1. The topological polar surface area (TPSA) is 37.4 Å². The first-order valence-electron chi connectivity index (χ1n) is 9.45. The number of halogens is 2. The average Bonchev–Trinajstić information content (AvgIpc) is 2.63. The molecule has 2 aliphatic heterocycles. The number of ether oxygens (including phenoxy) is 1.